The molecule has 0 atom stereocenters. The number of aromatic nitrogens is 1. The highest BCUT2D eigenvalue weighted by molar-refractivity contribution is 5.16. The van der Waals surface area contributed by atoms with E-state index in [9.17, 15) is 4.39 Å². The van der Waals surface area contributed by atoms with Crippen molar-refractivity contribution >= 4 is 0 Å². The molecule has 2 heterocycles. The van der Waals surface area contributed by atoms with Crippen LogP contribution in [0.5, 0.6) is 5.75 Å². The molecule has 2 aromatic heterocycles. The van der Waals surface area contributed by atoms with Gasteiger partial charge in [-0.25, -0.2) is 4.98 Å². The molecule has 0 aliphatic heterocycles. The molecule has 15 heavy (non-hydrogen) atoms. The lowest BCUT2D eigenvalue weighted by Crippen LogP contribution is -1.94. The van der Waals surface area contributed by atoms with Crippen molar-refractivity contribution in [3.05, 3.63) is 47.9 Å². The second-order valence-electron chi connectivity index (χ2n) is 3.12. The van der Waals surface area contributed by atoms with Crippen molar-refractivity contribution in [1.29, 1.82) is 0 Å². The minimum Gasteiger partial charge on any atom is -0.484 e. The Morgan fingerprint density at radius 1 is 1.33 bits per heavy atom. The molecule has 0 radical (unpaired) electrons. The van der Waals surface area contributed by atoms with Crippen molar-refractivity contribution in [1.82, 2.24) is 4.98 Å². The van der Waals surface area contributed by atoms with Crippen LogP contribution in [-0.2, 0) is 6.61 Å². The second kappa shape index (κ2) is 4.13. The van der Waals surface area contributed by atoms with E-state index in [1.54, 1.807) is 0 Å². The van der Waals surface area contributed by atoms with Gasteiger partial charge in [0.2, 0.25) is 5.95 Å². The predicted molar refractivity (Wildman–Crippen MR) is 52.0 cm³/mol. The molecule has 2 rings (SSSR count). The summed E-state index contributed by atoms with van der Waals surface area (Å²) >= 11 is 0. The Balaban J connectivity index is 1.96. The number of hydrogen-bond acceptors (Lipinski definition) is 3. The van der Waals surface area contributed by atoms with Gasteiger partial charge in [-0.2, -0.15) is 4.39 Å². The Hall–Kier alpha value is -1.84. The smallest absolute Gasteiger partial charge is 0.213 e. The Morgan fingerprint density at radius 3 is 2.80 bits per heavy atom. The standard InChI is InChI=1S/C11H10FNO2/c1-8-2-3-10(15-8)7-14-9-4-5-11(12)13-6-9/h2-6H,7H2,1H3. The first kappa shape index (κ1) is 9.71. The van der Waals surface area contributed by atoms with E-state index in [2.05, 4.69) is 4.98 Å². The molecule has 2 aromatic rings. The number of furan rings is 1. The van der Waals surface area contributed by atoms with E-state index >= 15 is 0 Å². The third kappa shape index (κ3) is 2.56. The van der Waals surface area contributed by atoms with Crippen LogP contribution in [0.15, 0.2) is 34.9 Å². The summed E-state index contributed by atoms with van der Waals surface area (Å²) in [5.74, 6) is 1.57. The van der Waals surface area contributed by atoms with Gasteiger partial charge < -0.3 is 9.15 Å². The van der Waals surface area contributed by atoms with Gasteiger partial charge >= 0.3 is 0 Å². The summed E-state index contributed by atoms with van der Waals surface area (Å²) in [7, 11) is 0. The number of halogens is 1. The molecule has 78 valence electrons. The van der Waals surface area contributed by atoms with Gasteiger partial charge in [-0.05, 0) is 31.2 Å². The third-order valence-electron chi connectivity index (χ3n) is 1.88. The average molecular weight is 207 g/mol. The molecule has 0 fully saturated rings. The molecule has 0 unspecified atom stereocenters. The fourth-order valence-corrected chi connectivity index (χ4v) is 1.16. The topological polar surface area (TPSA) is 35.3 Å². The first-order chi connectivity index (χ1) is 7.24. The van der Waals surface area contributed by atoms with E-state index < -0.39 is 5.95 Å². The number of hydrogen-bond donors (Lipinski definition) is 0. The van der Waals surface area contributed by atoms with Crippen LogP contribution in [0.3, 0.4) is 0 Å². The molecule has 0 bridgehead atoms. The SMILES string of the molecule is Cc1ccc(COc2ccc(F)nc2)o1. The monoisotopic (exact) mass is 207 g/mol. The zero-order valence-corrected chi connectivity index (χ0v) is 8.24. The van der Waals surface area contributed by atoms with E-state index in [1.165, 1.54) is 18.3 Å². The maximum Gasteiger partial charge on any atom is 0.213 e. The highest BCUT2D eigenvalue weighted by Gasteiger charge is 2.00. The summed E-state index contributed by atoms with van der Waals surface area (Å²) < 4.78 is 23.1. The largest absolute Gasteiger partial charge is 0.484 e. The maximum atomic E-state index is 12.5. The van der Waals surface area contributed by atoms with Crippen LogP contribution in [0.2, 0.25) is 0 Å². The first-order valence-corrected chi connectivity index (χ1v) is 4.54. The predicted octanol–water partition coefficient (Wildman–Crippen LogP) is 2.70. The van der Waals surface area contributed by atoms with Gasteiger partial charge in [0, 0.05) is 0 Å². The summed E-state index contributed by atoms with van der Waals surface area (Å²) in [6, 6.07) is 6.48. The maximum absolute atomic E-state index is 12.5. The lowest BCUT2D eigenvalue weighted by atomic mass is 10.4. The molecule has 0 saturated carbocycles. The molecule has 3 nitrogen and oxygen atoms in total. The van der Waals surface area contributed by atoms with E-state index in [1.807, 2.05) is 19.1 Å². The van der Waals surface area contributed by atoms with E-state index in [4.69, 9.17) is 9.15 Å². The Labute approximate surface area is 86.5 Å². The van der Waals surface area contributed by atoms with Crippen LogP contribution in [0.1, 0.15) is 11.5 Å². The number of rotatable bonds is 3. The lowest BCUT2D eigenvalue weighted by molar-refractivity contribution is 0.266. The Morgan fingerprint density at radius 2 is 2.20 bits per heavy atom. The second-order valence-corrected chi connectivity index (χ2v) is 3.12. The Kier molecular flexibility index (Phi) is 2.67. The van der Waals surface area contributed by atoms with Crippen LogP contribution in [0.25, 0.3) is 0 Å². The summed E-state index contributed by atoms with van der Waals surface area (Å²) in [6.07, 6.45) is 1.34. The minimum absolute atomic E-state index is 0.321. The molecule has 0 N–H and O–H groups in total. The molecule has 0 amide bonds. The van der Waals surface area contributed by atoms with E-state index in [0.29, 0.717) is 12.4 Å². The van der Waals surface area contributed by atoms with Gasteiger partial charge in [-0.1, -0.05) is 0 Å². The van der Waals surface area contributed by atoms with E-state index in [-0.39, 0.29) is 0 Å². The fraction of sp³-hybridized carbons (Fsp3) is 0.182. The molecule has 0 aromatic carbocycles. The van der Waals surface area contributed by atoms with Gasteiger partial charge in [0.1, 0.15) is 23.9 Å². The van der Waals surface area contributed by atoms with Crippen molar-refractivity contribution in [3.8, 4) is 5.75 Å². The minimum atomic E-state index is -0.517. The highest BCUT2D eigenvalue weighted by atomic mass is 19.1. The number of ether oxygens (including phenoxy) is 1. The van der Waals surface area contributed by atoms with Gasteiger partial charge in [0.05, 0.1) is 6.20 Å². The van der Waals surface area contributed by atoms with Gasteiger partial charge in [0.25, 0.3) is 0 Å². The van der Waals surface area contributed by atoms with Crippen molar-refractivity contribution in [2.75, 3.05) is 0 Å². The van der Waals surface area contributed by atoms with Crippen molar-refractivity contribution in [3.63, 3.8) is 0 Å². The average Bonchev–Trinajstić information content (AvgIpc) is 2.64. The summed E-state index contributed by atoms with van der Waals surface area (Å²) in [4.78, 5) is 3.47. The number of pyridine rings is 1. The van der Waals surface area contributed by atoms with Crippen LogP contribution in [-0.4, -0.2) is 4.98 Å². The van der Waals surface area contributed by atoms with Crippen molar-refractivity contribution in [2.24, 2.45) is 0 Å². The molecule has 0 aliphatic carbocycles. The van der Waals surface area contributed by atoms with Gasteiger partial charge in [-0.15, -0.1) is 0 Å². The fourth-order valence-electron chi connectivity index (χ4n) is 1.16. The summed E-state index contributed by atoms with van der Waals surface area (Å²) in [6.45, 7) is 2.18. The lowest BCUT2D eigenvalue weighted by Gasteiger charge is -2.02. The van der Waals surface area contributed by atoms with Crippen LogP contribution < -0.4 is 4.74 Å². The zero-order chi connectivity index (χ0) is 10.7. The molecular weight excluding hydrogens is 197 g/mol. The van der Waals surface area contributed by atoms with Gasteiger partial charge in [-0.3, -0.25) is 0 Å². The van der Waals surface area contributed by atoms with Gasteiger partial charge in [0.15, 0.2) is 0 Å². The molecule has 0 saturated heterocycles. The summed E-state index contributed by atoms with van der Waals surface area (Å²) in [5, 5.41) is 0. The van der Waals surface area contributed by atoms with Crippen LogP contribution >= 0.6 is 0 Å². The number of nitrogens with zero attached hydrogens (tertiary/aromatic N) is 1. The highest BCUT2D eigenvalue weighted by Crippen LogP contribution is 2.12. The normalized spacial score (nSPS) is 10.3. The first-order valence-electron chi connectivity index (χ1n) is 4.54. The van der Waals surface area contributed by atoms with Crippen molar-refractivity contribution < 1.29 is 13.5 Å². The quantitative estimate of drug-likeness (QED) is 0.726. The molecule has 0 spiro atoms. The zero-order valence-electron chi connectivity index (χ0n) is 8.24. The molecule has 0 aliphatic rings. The van der Waals surface area contributed by atoms with Crippen LogP contribution in [0, 0.1) is 12.9 Å². The van der Waals surface area contributed by atoms with E-state index in [0.717, 1.165) is 11.5 Å². The third-order valence-corrected chi connectivity index (χ3v) is 1.88. The molecular formula is C11H10FNO2. The summed E-state index contributed by atoms with van der Waals surface area (Å²) in [5.41, 5.74) is 0. The van der Waals surface area contributed by atoms with Crippen molar-refractivity contribution in [2.45, 2.75) is 13.5 Å². The number of aryl methyl sites for hydroxylation is 1. The molecule has 4 heteroatoms. The van der Waals surface area contributed by atoms with Crippen LogP contribution in [0.4, 0.5) is 4.39 Å². The Bertz CT molecular complexity index is 436.